The smallest absolute Gasteiger partial charge is 0.306 e. The van der Waals surface area contributed by atoms with Crippen molar-refractivity contribution in [2.75, 3.05) is 13.2 Å². The van der Waals surface area contributed by atoms with E-state index in [0.29, 0.717) is 12.8 Å². The van der Waals surface area contributed by atoms with Crippen molar-refractivity contribution in [2.24, 2.45) is 0 Å². The average Bonchev–Trinajstić information content (AvgIpc) is 3.39. The average molecular weight is 1010 g/mol. The van der Waals surface area contributed by atoms with E-state index in [4.69, 9.17) is 14.2 Å². The number of rotatable bonds is 50. The van der Waals surface area contributed by atoms with E-state index in [-0.39, 0.29) is 44.0 Å². The van der Waals surface area contributed by atoms with E-state index in [0.717, 1.165) is 154 Å². The molecule has 1 unspecified atom stereocenters. The molecule has 1 atom stereocenters. The predicted molar refractivity (Wildman–Crippen MR) is 315 cm³/mol. The van der Waals surface area contributed by atoms with Crippen molar-refractivity contribution in [3.63, 3.8) is 0 Å². The van der Waals surface area contributed by atoms with E-state index >= 15 is 0 Å². The van der Waals surface area contributed by atoms with Crippen molar-refractivity contribution in [1.82, 2.24) is 0 Å². The van der Waals surface area contributed by atoms with Crippen LogP contribution in [0.4, 0.5) is 0 Å². The number of esters is 3. The lowest BCUT2D eigenvalue weighted by Crippen LogP contribution is -2.30. The van der Waals surface area contributed by atoms with Crippen molar-refractivity contribution in [3.05, 3.63) is 158 Å². The van der Waals surface area contributed by atoms with Crippen LogP contribution in [-0.4, -0.2) is 37.2 Å². The number of unbranched alkanes of at least 4 members (excludes halogenated alkanes) is 13. The van der Waals surface area contributed by atoms with Gasteiger partial charge in [-0.3, -0.25) is 14.4 Å². The second kappa shape index (κ2) is 59.6. The van der Waals surface area contributed by atoms with Crippen LogP contribution in [0.15, 0.2) is 158 Å². The molecule has 73 heavy (non-hydrogen) atoms. The summed E-state index contributed by atoms with van der Waals surface area (Å²) in [6, 6.07) is 0. The van der Waals surface area contributed by atoms with E-state index < -0.39 is 6.10 Å². The highest BCUT2D eigenvalue weighted by atomic mass is 16.6. The zero-order valence-corrected chi connectivity index (χ0v) is 46.6. The second-order valence-corrected chi connectivity index (χ2v) is 18.4. The van der Waals surface area contributed by atoms with Crippen LogP contribution in [0.1, 0.15) is 226 Å². The van der Waals surface area contributed by atoms with E-state index in [9.17, 15) is 14.4 Å². The summed E-state index contributed by atoms with van der Waals surface area (Å²) in [6.45, 7) is 6.27. The van der Waals surface area contributed by atoms with Crippen LogP contribution in [0.2, 0.25) is 0 Å². The Kier molecular flexibility index (Phi) is 55.5. The van der Waals surface area contributed by atoms with Crippen LogP contribution in [0.25, 0.3) is 0 Å². The molecule has 0 bridgehead atoms. The van der Waals surface area contributed by atoms with E-state index in [1.165, 1.54) is 25.7 Å². The van der Waals surface area contributed by atoms with Gasteiger partial charge in [0, 0.05) is 19.3 Å². The van der Waals surface area contributed by atoms with Gasteiger partial charge in [0.25, 0.3) is 0 Å². The number of carbonyl (C=O) groups excluding carboxylic acids is 3. The molecule has 0 spiro atoms. The summed E-state index contributed by atoms with van der Waals surface area (Å²) in [5.74, 6) is -1.05. The van der Waals surface area contributed by atoms with Crippen LogP contribution in [0.5, 0.6) is 0 Å². The molecule has 0 aliphatic heterocycles. The Balaban J connectivity index is 4.46. The summed E-state index contributed by atoms with van der Waals surface area (Å²) in [4.78, 5) is 38.1. The molecule has 0 aliphatic carbocycles. The topological polar surface area (TPSA) is 78.9 Å². The molecule has 0 radical (unpaired) electrons. The maximum Gasteiger partial charge on any atom is 0.306 e. The first-order valence-corrected chi connectivity index (χ1v) is 29.0. The number of hydrogen-bond donors (Lipinski definition) is 0. The van der Waals surface area contributed by atoms with Gasteiger partial charge in [0.1, 0.15) is 13.2 Å². The molecule has 0 N–H and O–H groups in total. The summed E-state index contributed by atoms with van der Waals surface area (Å²) in [5.41, 5.74) is 0. The lowest BCUT2D eigenvalue weighted by Gasteiger charge is -2.18. The number of allylic oxidation sites excluding steroid dienone is 26. The van der Waals surface area contributed by atoms with Gasteiger partial charge in [-0.25, -0.2) is 0 Å². The van der Waals surface area contributed by atoms with Gasteiger partial charge in [0.2, 0.25) is 0 Å². The van der Waals surface area contributed by atoms with Gasteiger partial charge >= 0.3 is 17.9 Å². The molecule has 0 heterocycles. The van der Waals surface area contributed by atoms with E-state index in [1.807, 2.05) is 12.2 Å². The Morgan fingerprint density at radius 1 is 0.288 bits per heavy atom. The summed E-state index contributed by atoms with van der Waals surface area (Å²) < 4.78 is 16.7. The fourth-order valence-electron chi connectivity index (χ4n) is 7.23. The van der Waals surface area contributed by atoms with Crippen LogP contribution in [-0.2, 0) is 28.6 Å². The minimum absolute atomic E-state index is 0.123. The van der Waals surface area contributed by atoms with Gasteiger partial charge in [0.05, 0.1) is 0 Å². The fourth-order valence-corrected chi connectivity index (χ4v) is 7.23. The molecule has 0 aromatic heterocycles. The zero-order chi connectivity index (χ0) is 52.9. The minimum atomic E-state index is -0.830. The van der Waals surface area contributed by atoms with Gasteiger partial charge in [-0.2, -0.15) is 0 Å². The Hall–Kier alpha value is -4.97. The molecule has 0 aromatic rings. The SMILES string of the molecule is CC/C=C\C/C=C\C/C=C\C/C=C\C/C=C\C/C=C\C/C=C\CCCCCCCC(=O)OCC(COC(=O)CC/C=C\C/C=C\C/C=C\C/C=C\CC)OC(=O)CCCCCCC/C=C\C/C=C\CCCCC. The van der Waals surface area contributed by atoms with Crippen molar-refractivity contribution < 1.29 is 28.6 Å². The van der Waals surface area contributed by atoms with Crippen LogP contribution in [0.3, 0.4) is 0 Å². The first kappa shape index (κ1) is 68.0. The molecule has 0 fully saturated rings. The Morgan fingerprint density at radius 3 is 0.918 bits per heavy atom. The van der Waals surface area contributed by atoms with Crippen molar-refractivity contribution >= 4 is 17.9 Å². The largest absolute Gasteiger partial charge is 0.462 e. The summed E-state index contributed by atoms with van der Waals surface area (Å²) in [5, 5.41) is 0. The number of ether oxygens (including phenoxy) is 3. The number of hydrogen-bond acceptors (Lipinski definition) is 6. The number of carbonyl (C=O) groups is 3. The Morgan fingerprint density at radius 2 is 0.562 bits per heavy atom. The molecule has 0 aliphatic rings. The molecular formula is C67H104O6. The Labute approximate surface area is 448 Å². The van der Waals surface area contributed by atoms with Gasteiger partial charge in [-0.05, 0) is 135 Å². The second-order valence-electron chi connectivity index (χ2n) is 18.4. The normalized spacial score (nSPS) is 13.3. The molecule has 0 amide bonds. The monoisotopic (exact) mass is 1000 g/mol. The maximum atomic E-state index is 12.8. The quantitative estimate of drug-likeness (QED) is 0.0261. The standard InChI is InChI=1S/C67H104O6/c1-4-7-10-13-16-19-22-25-27-28-29-30-31-32-33-34-35-36-37-38-40-42-45-48-51-54-57-60-66(69)72-63-64(62-71-65(68)59-56-53-50-47-44-41-24-21-18-15-12-9-6-3)73-67(70)61-58-55-52-49-46-43-39-26-23-20-17-14-11-8-5-2/h7,9-10,12,16-21,25-27,29-30,32-33,35-36,38-41,44,50,53,64H,4-6,8,11,13-15,22-24,28,31,34,37,42-43,45-49,51-52,54-63H2,1-3H3/b10-7-,12-9-,19-16-,20-17-,21-18-,27-25-,30-29-,33-32-,36-35-,39-26-,40-38-,44-41-,53-50-. The van der Waals surface area contributed by atoms with Gasteiger partial charge in [-0.15, -0.1) is 0 Å². The molecule has 0 saturated carbocycles. The van der Waals surface area contributed by atoms with Gasteiger partial charge in [0.15, 0.2) is 6.10 Å². The third-order valence-electron chi connectivity index (χ3n) is 11.5. The first-order chi connectivity index (χ1) is 36.0. The predicted octanol–water partition coefficient (Wildman–Crippen LogP) is 19.8. The summed E-state index contributed by atoms with van der Waals surface area (Å²) in [7, 11) is 0. The highest BCUT2D eigenvalue weighted by molar-refractivity contribution is 5.71. The molecule has 0 rings (SSSR count). The molecule has 408 valence electrons. The van der Waals surface area contributed by atoms with E-state index in [1.54, 1.807) is 0 Å². The molecule has 6 nitrogen and oxygen atoms in total. The van der Waals surface area contributed by atoms with Gasteiger partial charge < -0.3 is 14.2 Å². The Bertz CT molecular complexity index is 1670. The van der Waals surface area contributed by atoms with Crippen LogP contribution >= 0.6 is 0 Å². The minimum Gasteiger partial charge on any atom is -0.462 e. The highest BCUT2D eigenvalue weighted by Crippen LogP contribution is 2.12. The summed E-state index contributed by atoms with van der Waals surface area (Å²) in [6.07, 6.45) is 86.8. The fraction of sp³-hybridized carbons (Fsp3) is 0.567. The highest BCUT2D eigenvalue weighted by Gasteiger charge is 2.19. The summed E-state index contributed by atoms with van der Waals surface area (Å²) >= 11 is 0. The first-order valence-electron chi connectivity index (χ1n) is 29.0. The molecule has 0 aromatic carbocycles. The van der Waals surface area contributed by atoms with Crippen LogP contribution in [0, 0.1) is 0 Å². The van der Waals surface area contributed by atoms with Crippen LogP contribution < -0.4 is 0 Å². The molecule has 6 heteroatoms. The van der Waals surface area contributed by atoms with Crippen molar-refractivity contribution in [3.8, 4) is 0 Å². The third-order valence-corrected chi connectivity index (χ3v) is 11.5. The maximum absolute atomic E-state index is 12.8. The molecular weight excluding hydrogens is 901 g/mol. The van der Waals surface area contributed by atoms with E-state index in [2.05, 4.69) is 167 Å². The lowest BCUT2D eigenvalue weighted by atomic mass is 10.1. The van der Waals surface area contributed by atoms with Crippen molar-refractivity contribution in [1.29, 1.82) is 0 Å². The van der Waals surface area contributed by atoms with Crippen molar-refractivity contribution in [2.45, 2.75) is 232 Å². The van der Waals surface area contributed by atoms with Gasteiger partial charge in [-0.1, -0.05) is 230 Å². The lowest BCUT2D eigenvalue weighted by molar-refractivity contribution is -0.166. The molecule has 0 saturated heterocycles. The third kappa shape index (κ3) is 57.8. The zero-order valence-electron chi connectivity index (χ0n) is 46.6.